The third-order valence-electron chi connectivity index (χ3n) is 1.69. The number of aliphatic hydroxyl groups is 1. The van der Waals surface area contributed by atoms with E-state index in [2.05, 4.69) is 0 Å². The zero-order chi connectivity index (χ0) is 9.14. The first-order valence-electron chi connectivity index (χ1n) is 3.70. The van der Waals surface area contributed by atoms with Gasteiger partial charge >= 0.3 is 0 Å². The van der Waals surface area contributed by atoms with Gasteiger partial charge in [0.05, 0.1) is 13.2 Å². The molecule has 2 N–H and O–H groups in total. The summed E-state index contributed by atoms with van der Waals surface area (Å²) in [7, 11) is 1.52. The van der Waals surface area contributed by atoms with E-state index >= 15 is 0 Å². The lowest BCUT2D eigenvalue weighted by atomic mass is 10.1. The summed E-state index contributed by atoms with van der Waals surface area (Å²) in [6.07, 6.45) is -0.657. The van der Waals surface area contributed by atoms with Crippen LogP contribution in [0.3, 0.4) is 0 Å². The SMILES string of the molecule is COc1ccc([C@@H](C)O)c(O)c1. The quantitative estimate of drug-likeness (QED) is 0.702. The van der Waals surface area contributed by atoms with Crippen molar-refractivity contribution in [2.45, 2.75) is 13.0 Å². The van der Waals surface area contributed by atoms with Crippen LogP contribution in [0, 0.1) is 0 Å². The summed E-state index contributed by atoms with van der Waals surface area (Å²) in [5, 5.41) is 18.5. The fraction of sp³-hybridized carbons (Fsp3) is 0.333. The molecule has 0 spiro atoms. The molecular formula is C9H12O3. The van der Waals surface area contributed by atoms with Crippen molar-refractivity contribution in [1.82, 2.24) is 0 Å². The lowest BCUT2D eigenvalue weighted by Gasteiger charge is -2.08. The van der Waals surface area contributed by atoms with Crippen molar-refractivity contribution in [2.24, 2.45) is 0 Å². The second-order valence-corrected chi connectivity index (χ2v) is 2.60. The topological polar surface area (TPSA) is 49.7 Å². The predicted molar refractivity (Wildman–Crippen MR) is 45.3 cm³/mol. The molecule has 0 fully saturated rings. The van der Waals surface area contributed by atoms with Gasteiger partial charge in [0.25, 0.3) is 0 Å². The number of aromatic hydroxyl groups is 1. The van der Waals surface area contributed by atoms with E-state index in [0.29, 0.717) is 11.3 Å². The molecule has 0 heterocycles. The molecule has 0 amide bonds. The average Bonchev–Trinajstić information content (AvgIpc) is 2.03. The van der Waals surface area contributed by atoms with Gasteiger partial charge in [0.15, 0.2) is 0 Å². The van der Waals surface area contributed by atoms with Crippen molar-refractivity contribution in [1.29, 1.82) is 0 Å². The van der Waals surface area contributed by atoms with Crippen molar-refractivity contribution in [2.75, 3.05) is 7.11 Å². The van der Waals surface area contributed by atoms with Crippen LogP contribution in [0.1, 0.15) is 18.6 Å². The molecule has 1 aromatic carbocycles. The zero-order valence-corrected chi connectivity index (χ0v) is 7.11. The van der Waals surface area contributed by atoms with E-state index in [1.807, 2.05) is 0 Å². The number of aliphatic hydroxyl groups excluding tert-OH is 1. The smallest absolute Gasteiger partial charge is 0.125 e. The number of benzene rings is 1. The Morgan fingerprint density at radius 2 is 2.08 bits per heavy atom. The Balaban J connectivity index is 3.03. The summed E-state index contributed by atoms with van der Waals surface area (Å²) in [5.41, 5.74) is 0.510. The monoisotopic (exact) mass is 168 g/mol. The van der Waals surface area contributed by atoms with Crippen molar-refractivity contribution >= 4 is 0 Å². The Morgan fingerprint density at radius 3 is 2.50 bits per heavy atom. The molecule has 3 heteroatoms. The Bertz CT molecular complexity index is 268. The van der Waals surface area contributed by atoms with E-state index in [4.69, 9.17) is 9.84 Å². The molecular weight excluding hydrogens is 156 g/mol. The highest BCUT2D eigenvalue weighted by Gasteiger charge is 2.07. The lowest BCUT2D eigenvalue weighted by molar-refractivity contribution is 0.195. The van der Waals surface area contributed by atoms with Crippen molar-refractivity contribution in [3.05, 3.63) is 23.8 Å². The van der Waals surface area contributed by atoms with E-state index in [-0.39, 0.29) is 5.75 Å². The largest absolute Gasteiger partial charge is 0.507 e. The van der Waals surface area contributed by atoms with E-state index in [1.165, 1.54) is 13.2 Å². The highest BCUT2D eigenvalue weighted by molar-refractivity contribution is 5.40. The summed E-state index contributed by atoms with van der Waals surface area (Å²) in [6, 6.07) is 4.81. The van der Waals surface area contributed by atoms with Crippen LogP contribution in [0.5, 0.6) is 11.5 Å². The van der Waals surface area contributed by atoms with E-state index in [9.17, 15) is 5.11 Å². The fourth-order valence-corrected chi connectivity index (χ4v) is 1.00. The van der Waals surface area contributed by atoms with Gasteiger partial charge in [-0.15, -0.1) is 0 Å². The van der Waals surface area contributed by atoms with Crippen molar-refractivity contribution in [3.63, 3.8) is 0 Å². The van der Waals surface area contributed by atoms with Gasteiger partial charge in [-0.1, -0.05) is 0 Å². The standard InChI is InChI=1S/C9H12O3/c1-6(10)8-4-3-7(12-2)5-9(8)11/h3-6,10-11H,1-2H3/t6-/m1/s1. The minimum absolute atomic E-state index is 0.0596. The molecule has 0 aliphatic carbocycles. The maximum absolute atomic E-state index is 9.35. The highest BCUT2D eigenvalue weighted by Crippen LogP contribution is 2.27. The van der Waals surface area contributed by atoms with Crippen molar-refractivity contribution in [3.8, 4) is 11.5 Å². The van der Waals surface area contributed by atoms with Crippen LogP contribution in [0.25, 0.3) is 0 Å². The Hall–Kier alpha value is -1.22. The van der Waals surface area contributed by atoms with Crippen LogP contribution >= 0.6 is 0 Å². The van der Waals surface area contributed by atoms with Crippen LogP contribution < -0.4 is 4.74 Å². The van der Waals surface area contributed by atoms with Crippen LogP contribution in [0.4, 0.5) is 0 Å². The highest BCUT2D eigenvalue weighted by atomic mass is 16.5. The Labute approximate surface area is 71.2 Å². The van der Waals surface area contributed by atoms with Gasteiger partial charge in [0.1, 0.15) is 11.5 Å². The zero-order valence-electron chi connectivity index (χ0n) is 7.11. The van der Waals surface area contributed by atoms with E-state index in [1.54, 1.807) is 19.1 Å². The van der Waals surface area contributed by atoms with Crippen LogP contribution in [-0.2, 0) is 0 Å². The minimum Gasteiger partial charge on any atom is -0.507 e. The molecule has 0 aliphatic heterocycles. The van der Waals surface area contributed by atoms with Crippen molar-refractivity contribution < 1.29 is 14.9 Å². The normalized spacial score (nSPS) is 12.6. The molecule has 12 heavy (non-hydrogen) atoms. The first-order valence-corrected chi connectivity index (χ1v) is 3.70. The minimum atomic E-state index is -0.657. The van der Waals surface area contributed by atoms with Crippen LogP contribution in [0.15, 0.2) is 18.2 Å². The van der Waals surface area contributed by atoms with Gasteiger partial charge in [-0.2, -0.15) is 0 Å². The number of rotatable bonds is 2. The molecule has 0 aliphatic rings. The Kier molecular flexibility index (Phi) is 2.55. The molecule has 0 saturated carbocycles. The van der Waals surface area contributed by atoms with Gasteiger partial charge in [-0.3, -0.25) is 0 Å². The van der Waals surface area contributed by atoms with Gasteiger partial charge in [0.2, 0.25) is 0 Å². The summed E-state index contributed by atoms with van der Waals surface area (Å²) in [4.78, 5) is 0. The predicted octanol–water partition coefficient (Wildman–Crippen LogP) is 1.45. The first kappa shape index (κ1) is 8.87. The molecule has 0 saturated heterocycles. The summed E-state index contributed by atoms with van der Waals surface area (Å²) in [6.45, 7) is 1.60. The second kappa shape index (κ2) is 3.45. The summed E-state index contributed by atoms with van der Waals surface area (Å²) < 4.78 is 4.89. The molecule has 3 nitrogen and oxygen atoms in total. The summed E-state index contributed by atoms with van der Waals surface area (Å²) >= 11 is 0. The van der Waals surface area contributed by atoms with Gasteiger partial charge < -0.3 is 14.9 Å². The first-order chi connectivity index (χ1) is 5.65. The Morgan fingerprint density at radius 1 is 1.42 bits per heavy atom. The number of ether oxygens (including phenoxy) is 1. The number of methoxy groups -OCH3 is 1. The number of hydrogen-bond donors (Lipinski definition) is 2. The lowest BCUT2D eigenvalue weighted by Crippen LogP contribution is -1.92. The number of phenols is 1. The molecule has 0 radical (unpaired) electrons. The maximum Gasteiger partial charge on any atom is 0.125 e. The number of hydrogen-bond acceptors (Lipinski definition) is 3. The molecule has 0 aromatic heterocycles. The molecule has 0 bridgehead atoms. The molecule has 66 valence electrons. The fourth-order valence-electron chi connectivity index (χ4n) is 1.00. The van der Waals surface area contributed by atoms with Gasteiger partial charge in [-0.05, 0) is 19.1 Å². The third kappa shape index (κ3) is 1.68. The molecule has 1 aromatic rings. The van der Waals surface area contributed by atoms with E-state index < -0.39 is 6.10 Å². The van der Waals surface area contributed by atoms with Crippen LogP contribution in [0.2, 0.25) is 0 Å². The maximum atomic E-state index is 9.35. The molecule has 1 atom stereocenters. The van der Waals surface area contributed by atoms with Gasteiger partial charge in [-0.25, -0.2) is 0 Å². The van der Waals surface area contributed by atoms with Crippen LogP contribution in [-0.4, -0.2) is 17.3 Å². The summed E-state index contributed by atoms with van der Waals surface area (Å²) in [5.74, 6) is 0.640. The molecule has 1 rings (SSSR count). The van der Waals surface area contributed by atoms with E-state index in [0.717, 1.165) is 0 Å². The second-order valence-electron chi connectivity index (χ2n) is 2.60. The third-order valence-corrected chi connectivity index (χ3v) is 1.69. The number of phenolic OH excluding ortho intramolecular Hbond substituents is 1. The molecule has 0 unspecified atom stereocenters. The van der Waals surface area contributed by atoms with Gasteiger partial charge in [0, 0.05) is 11.6 Å². The average molecular weight is 168 g/mol.